The minimum absolute atomic E-state index is 0.0192. The molecule has 3 aromatic rings. The number of nitro benzene ring substituents is 1. The monoisotopic (exact) mass is 396 g/mol. The molecule has 146 valence electrons. The van der Waals surface area contributed by atoms with Gasteiger partial charge in [-0.05, 0) is 18.2 Å². The summed E-state index contributed by atoms with van der Waals surface area (Å²) in [4.78, 5) is 23.7. The number of nitrogens with zero attached hydrogens (tertiary/aromatic N) is 4. The molecule has 0 saturated carbocycles. The van der Waals surface area contributed by atoms with E-state index in [-0.39, 0.29) is 5.88 Å². The van der Waals surface area contributed by atoms with E-state index in [4.69, 9.17) is 4.52 Å². The molecule has 0 unspecified atom stereocenters. The maximum atomic E-state index is 12.8. The summed E-state index contributed by atoms with van der Waals surface area (Å²) in [6.07, 6.45) is 0. The summed E-state index contributed by atoms with van der Waals surface area (Å²) < 4.78 is 5.14. The van der Waals surface area contributed by atoms with Gasteiger partial charge in [0, 0.05) is 18.7 Å². The second-order valence-corrected chi connectivity index (χ2v) is 5.82. The fourth-order valence-electron chi connectivity index (χ4n) is 2.60. The number of aromatic nitrogens is 1. The highest BCUT2D eigenvalue weighted by Gasteiger charge is 2.27. The molecular formula is C18H12N4O7. The number of carbonyl (C=O) groups is 1. The van der Waals surface area contributed by atoms with Crippen LogP contribution in [0.1, 0.15) is 5.56 Å². The Kier molecular flexibility index (Phi) is 4.76. The summed E-state index contributed by atoms with van der Waals surface area (Å²) in [5.41, 5.74) is -1.63. The number of aliphatic hydroxyl groups is 1. The standard InChI is InChI=1S/C18H12N4O7/c1-21(18-10-4-2-3-5-12(10)20-29-18)17(26)11(8-19)15(24)9-6-13(22(27)28)16(25)14(23)7-9/h2-7,23-25H,1H3/b15-11-. The van der Waals surface area contributed by atoms with Crippen molar-refractivity contribution in [2.75, 3.05) is 11.9 Å². The Morgan fingerprint density at radius 3 is 2.66 bits per heavy atom. The van der Waals surface area contributed by atoms with Crippen molar-refractivity contribution in [1.29, 1.82) is 5.26 Å². The lowest BCUT2D eigenvalue weighted by Crippen LogP contribution is -2.27. The topological polar surface area (TPSA) is 174 Å². The lowest BCUT2D eigenvalue weighted by molar-refractivity contribution is -0.386. The van der Waals surface area contributed by atoms with Gasteiger partial charge in [-0.3, -0.25) is 19.8 Å². The van der Waals surface area contributed by atoms with Crippen LogP contribution in [0.4, 0.5) is 11.6 Å². The third kappa shape index (κ3) is 3.26. The van der Waals surface area contributed by atoms with E-state index in [1.807, 2.05) is 0 Å². The molecule has 3 N–H and O–H groups in total. The summed E-state index contributed by atoms with van der Waals surface area (Å²) in [6.45, 7) is 0. The van der Waals surface area contributed by atoms with Crippen molar-refractivity contribution in [1.82, 2.24) is 5.16 Å². The summed E-state index contributed by atoms with van der Waals surface area (Å²) in [5, 5.41) is 54.2. The van der Waals surface area contributed by atoms with Crippen LogP contribution in [0, 0.1) is 21.4 Å². The molecule has 0 atom stereocenters. The largest absolute Gasteiger partial charge is 0.506 e. The zero-order valence-electron chi connectivity index (χ0n) is 14.7. The third-order valence-electron chi connectivity index (χ3n) is 4.08. The molecular weight excluding hydrogens is 384 g/mol. The van der Waals surface area contributed by atoms with E-state index < -0.39 is 44.9 Å². The molecule has 0 radical (unpaired) electrons. The fourth-order valence-corrected chi connectivity index (χ4v) is 2.60. The first-order chi connectivity index (χ1) is 13.8. The Morgan fingerprint density at radius 1 is 1.31 bits per heavy atom. The van der Waals surface area contributed by atoms with E-state index in [1.165, 1.54) is 13.1 Å². The van der Waals surface area contributed by atoms with E-state index in [1.54, 1.807) is 24.3 Å². The van der Waals surface area contributed by atoms with Gasteiger partial charge in [0.1, 0.15) is 17.3 Å². The van der Waals surface area contributed by atoms with Crippen molar-refractivity contribution in [3.63, 3.8) is 0 Å². The van der Waals surface area contributed by atoms with Crippen LogP contribution in [-0.2, 0) is 4.79 Å². The molecule has 0 aliphatic carbocycles. The molecule has 11 nitrogen and oxygen atoms in total. The molecule has 1 amide bonds. The van der Waals surface area contributed by atoms with Crippen molar-refractivity contribution in [3.05, 3.63) is 57.6 Å². The zero-order chi connectivity index (χ0) is 21.3. The van der Waals surface area contributed by atoms with Crippen molar-refractivity contribution in [3.8, 4) is 17.6 Å². The van der Waals surface area contributed by atoms with Gasteiger partial charge in [0.15, 0.2) is 11.3 Å². The molecule has 2 aromatic carbocycles. The van der Waals surface area contributed by atoms with Crippen LogP contribution in [0.2, 0.25) is 0 Å². The number of anilines is 1. The van der Waals surface area contributed by atoms with Crippen molar-refractivity contribution in [2.24, 2.45) is 0 Å². The predicted octanol–water partition coefficient (Wildman–Crippen LogP) is 2.60. The summed E-state index contributed by atoms with van der Waals surface area (Å²) in [5.74, 6) is -3.80. The highest BCUT2D eigenvalue weighted by atomic mass is 16.6. The first-order valence-electron chi connectivity index (χ1n) is 7.92. The molecule has 11 heteroatoms. The maximum absolute atomic E-state index is 12.8. The average molecular weight is 396 g/mol. The molecule has 0 saturated heterocycles. The molecule has 0 aliphatic heterocycles. The van der Waals surface area contributed by atoms with Crippen LogP contribution >= 0.6 is 0 Å². The lowest BCUT2D eigenvalue weighted by atomic mass is 10.1. The van der Waals surface area contributed by atoms with E-state index in [9.17, 15) is 35.5 Å². The number of hydrogen-bond acceptors (Lipinski definition) is 9. The number of likely N-dealkylation sites (N-methyl/N-ethyl adjacent to an activating group) is 1. The molecule has 0 fully saturated rings. The minimum Gasteiger partial charge on any atom is -0.506 e. The number of phenolic OH excluding ortho intramolecular Hbond substituents is 2. The number of benzene rings is 2. The Balaban J connectivity index is 2.08. The zero-order valence-corrected chi connectivity index (χ0v) is 14.7. The number of phenols is 2. The highest BCUT2D eigenvalue weighted by Crippen LogP contribution is 2.38. The van der Waals surface area contributed by atoms with Crippen molar-refractivity contribution >= 4 is 34.1 Å². The number of amides is 1. The lowest BCUT2D eigenvalue weighted by Gasteiger charge is -2.14. The molecule has 3 rings (SSSR count). The number of nitriles is 1. The van der Waals surface area contributed by atoms with E-state index in [0.29, 0.717) is 10.9 Å². The molecule has 1 heterocycles. The first-order valence-corrected chi connectivity index (χ1v) is 7.92. The van der Waals surface area contributed by atoms with Gasteiger partial charge >= 0.3 is 5.69 Å². The van der Waals surface area contributed by atoms with Crippen LogP contribution in [0.15, 0.2) is 46.5 Å². The maximum Gasteiger partial charge on any atom is 0.315 e. The smallest absolute Gasteiger partial charge is 0.315 e. The Labute approximate surface area is 162 Å². The van der Waals surface area contributed by atoms with Gasteiger partial charge in [0.2, 0.25) is 11.6 Å². The number of nitro groups is 1. The molecule has 1 aromatic heterocycles. The van der Waals surface area contributed by atoms with Crippen molar-refractivity contribution in [2.45, 2.75) is 0 Å². The second-order valence-electron chi connectivity index (χ2n) is 5.82. The SMILES string of the molecule is CN(C(=O)/C(C#N)=C(\O)c1cc(O)c(O)c([N+](=O)[O-])c1)c1onc2ccccc12. The quantitative estimate of drug-likeness (QED) is 0.149. The Hall–Kier alpha value is -4.59. The van der Waals surface area contributed by atoms with Crippen LogP contribution in [0.25, 0.3) is 16.7 Å². The molecule has 0 spiro atoms. The van der Waals surface area contributed by atoms with Crippen LogP contribution in [-0.4, -0.2) is 38.4 Å². The van der Waals surface area contributed by atoms with E-state index >= 15 is 0 Å². The van der Waals surface area contributed by atoms with Gasteiger partial charge in [-0.1, -0.05) is 17.3 Å². The van der Waals surface area contributed by atoms with Gasteiger partial charge in [-0.15, -0.1) is 0 Å². The number of fused-ring (bicyclic) bond motifs is 1. The van der Waals surface area contributed by atoms with Gasteiger partial charge in [-0.2, -0.15) is 5.26 Å². The van der Waals surface area contributed by atoms with Crippen LogP contribution in [0.5, 0.6) is 11.5 Å². The number of aromatic hydroxyl groups is 2. The fraction of sp³-hybridized carbons (Fsp3) is 0.0556. The predicted molar refractivity (Wildman–Crippen MR) is 99.0 cm³/mol. The summed E-state index contributed by atoms with van der Waals surface area (Å²) in [7, 11) is 1.29. The van der Waals surface area contributed by atoms with Crippen LogP contribution in [0.3, 0.4) is 0 Å². The van der Waals surface area contributed by atoms with Gasteiger partial charge in [0.05, 0.1) is 10.3 Å². The molecule has 29 heavy (non-hydrogen) atoms. The number of rotatable bonds is 4. The summed E-state index contributed by atoms with van der Waals surface area (Å²) >= 11 is 0. The van der Waals surface area contributed by atoms with E-state index in [0.717, 1.165) is 17.0 Å². The highest BCUT2D eigenvalue weighted by molar-refractivity contribution is 6.13. The van der Waals surface area contributed by atoms with E-state index in [2.05, 4.69) is 5.16 Å². The van der Waals surface area contributed by atoms with Gasteiger partial charge in [-0.25, -0.2) is 0 Å². The van der Waals surface area contributed by atoms with Crippen LogP contribution < -0.4 is 4.90 Å². The number of aliphatic hydroxyl groups excluding tert-OH is 1. The summed E-state index contributed by atoms with van der Waals surface area (Å²) in [6, 6.07) is 9.74. The minimum atomic E-state index is -1.01. The Morgan fingerprint density at radius 2 is 2.00 bits per heavy atom. The van der Waals surface area contributed by atoms with Crippen molar-refractivity contribution < 1.29 is 29.6 Å². The van der Waals surface area contributed by atoms with Gasteiger partial charge in [0.25, 0.3) is 5.91 Å². The average Bonchev–Trinajstić information content (AvgIpc) is 3.13. The third-order valence-corrected chi connectivity index (χ3v) is 4.08. The first kappa shape index (κ1) is 19.2. The Bertz CT molecular complexity index is 1220. The van der Waals surface area contributed by atoms with Gasteiger partial charge < -0.3 is 19.8 Å². The molecule has 0 bridgehead atoms. The molecule has 0 aliphatic rings. The second kappa shape index (κ2) is 7.20. The number of hydrogen-bond donors (Lipinski definition) is 3. The normalized spacial score (nSPS) is 11.6. The number of carbonyl (C=O) groups excluding carboxylic acids is 1.